The van der Waals surface area contributed by atoms with E-state index < -0.39 is 0 Å². The molecule has 2 rings (SSSR count). The van der Waals surface area contributed by atoms with Gasteiger partial charge in [-0.2, -0.15) is 0 Å². The predicted molar refractivity (Wildman–Crippen MR) is 71.6 cm³/mol. The molecule has 1 aliphatic carbocycles. The van der Waals surface area contributed by atoms with E-state index in [-0.39, 0.29) is 6.09 Å². The van der Waals surface area contributed by atoms with Crippen LogP contribution < -0.4 is 5.32 Å². The summed E-state index contributed by atoms with van der Waals surface area (Å²) in [7, 11) is 1.47. The van der Waals surface area contributed by atoms with Crippen molar-refractivity contribution in [3.05, 3.63) is 0 Å². The number of ether oxygens (including phenoxy) is 1. The Morgan fingerprint density at radius 2 is 2.11 bits per heavy atom. The van der Waals surface area contributed by atoms with E-state index in [0.29, 0.717) is 18.0 Å². The Morgan fingerprint density at radius 1 is 1.33 bits per heavy atom. The van der Waals surface area contributed by atoms with Crippen LogP contribution in [0.4, 0.5) is 4.79 Å². The summed E-state index contributed by atoms with van der Waals surface area (Å²) in [6.45, 7) is 3.90. The Labute approximate surface area is 110 Å². The molecule has 0 radical (unpaired) electrons. The van der Waals surface area contributed by atoms with Crippen LogP contribution in [0.1, 0.15) is 45.4 Å². The normalized spacial score (nSPS) is 28.2. The number of nitrogens with zero attached hydrogens (tertiary/aromatic N) is 1. The second-order valence-corrected chi connectivity index (χ2v) is 5.76. The minimum atomic E-state index is -0.168. The highest BCUT2D eigenvalue weighted by atomic mass is 16.5. The van der Waals surface area contributed by atoms with Gasteiger partial charge in [0.05, 0.1) is 7.11 Å². The first-order valence-corrected chi connectivity index (χ1v) is 7.31. The van der Waals surface area contributed by atoms with Gasteiger partial charge in [-0.3, -0.25) is 0 Å². The summed E-state index contributed by atoms with van der Waals surface area (Å²) >= 11 is 0. The summed E-state index contributed by atoms with van der Waals surface area (Å²) in [5.74, 6) is 0.633. The van der Waals surface area contributed by atoms with Crippen molar-refractivity contribution in [2.45, 2.75) is 57.5 Å². The molecule has 18 heavy (non-hydrogen) atoms. The fourth-order valence-corrected chi connectivity index (χ4v) is 2.89. The average Bonchev–Trinajstić information content (AvgIpc) is 3.19. The van der Waals surface area contributed by atoms with Crippen molar-refractivity contribution in [3.8, 4) is 0 Å². The molecule has 2 atom stereocenters. The third kappa shape index (κ3) is 3.87. The van der Waals surface area contributed by atoms with Crippen LogP contribution >= 0.6 is 0 Å². The number of hydrogen-bond acceptors (Lipinski definition) is 3. The van der Waals surface area contributed by atoms with E-state index >= 15 is 0 Å². The molecule has 4 heteroatoms. The lowest BCUT2D eigenvalue weighted by Crippen LogP contribution is -2.51. The van der Waals surface area contributed by atoms with Crippen molar-refractivity contribution in [1.29, 1.82) is 0 Å². The fourth-order valence-electron chi connectivity index (χ4n) is 2.89. The van der Waals surface area contributed by atoms with E-state index in [0.717, 1.165) is 13.1 Å². The van der Waals surface area contributed by atoms with Crippen LogP contribution in [0.5, 0.6) is 0 Å². The summed E-state index contributed by atoms with van der Waals surface area (Å²) < 4.78 is 4.87. The van der Waals surface area contributed by atoms with Gasteiger partial charge in [0.2, 0.25) is 0 Å². The molecule has 1 amide bonds. The van der Waals surface area contributed by atoms with Crippen molar-refractivity contribution in [2.75, 3.05) is 20.2 Å². The molecule has 0 spiro atoms. The van der Waals surface area contributed by atoms with Crippen LogP contribution in [-0.4, -0.2) is 43.3 Å². The number of methoxy groups -OCH3 is 1. The maximum absolute atomic E-state index is 11.7. The van der Waals surface area contributed by atoms with Crippen LogP contribution in [-0.2, 0) is 4.74 Å². The number of carbonyl (C=O) groups is 1. The van der Waals surface area contributed by atoms with Gasteiger partial charge in [-0.05, 0) is 31.6 Å². The number of carbonyl (C=O) groups excluding carboxylic acids is 1. The lowest BCUT2D eigenvalue weighted by molar-refractivity contribution is 0.0884. The van der Waals surface area contributed by atoms with Crippen LogP contribution in [0.25, 0.3) is 0 Å². The van der Waals surface area contributed by atoms with Crippen LogP contribution in [0.15, 0.2) is 0 Å². The molecule has 2 aliphatic rings. The largest absolute Gasteiger partial charge is 0.453 e. The van der Waals surface area contributed by atoms with Crippen LogP contribution in [0.3, 0.4) is 0 Å². The lowest BCUT2D eigenvalue weighted by atomic mass is 9.90. The van der Waals surface area contributed by atoms with Crippen LogP contribution in [0.2, 0.25) is 0 Å². The van der Waals surface area contributed by atoms with Gasteiger partial charge >= 0.3 is 6.09 Å². The molecule has 0 aromatic carbocycles. The third-order valence-corrected chi connectivity index (χ3v) is 3.98. The number of unbranched alkanes of at least 4 members (excludes halogenated alkanes) is 1. The van der Waals surface area contributed by atoms with Gasteiger partial charge in [0.1, 0.15) is 0 Å². The number of amides is 1. The fraction of sp³-hybridized carbons (Fsp3) is 0.929. The maximum atomic E-state index is 11.7. The summed E-state index contributed by atoms with van der Waals surface area (Å²) in [6.07, 6.45) is 7.36. The van der Waals surface area contributed by atoms with Gasteiger partial charge in [0, 0.05) is 25.2 Å². The standard InChI is InChI=1S/C14H26N2O2/c1-3-4-5-11-8-13(15-12-6-7-12)10-16(9-11)14(17)18-2/h11-13,15H,3-10H2,1-2H3. The minimum absolute atomic E-state index is 0.168. The second-order valence-electron chi connectivity index (χ2n) is 5.76. The second kappa shape index (κ2) is 6.41. The molecule has 2 fully saturated rings. The SMILES string of the molecule is CCCCC1CC(NC2CC2)CN(C(=O)OC)C1. The monoisotopic (exact) mass is 254 g/mol. The Morgan fingerprint density at radius 3 is 2.72 bits per heavy atom. The van der Waals surface area contributed by atoms with Gasteiger partial charge in [-0.15, -0.1) is 0 Å². The van der Waals surface area contributed by atoms with Gasteiger partial charge < -0.3 is 15.0 Å². The number of hydrogen-bond donors (Lipinski definition) is 1. The zero-order valence-electron chi connectivity index (χ0n) is 11.7. The molecule has 4 nitrogen and oxygen atoms in total. The Kier molecular flexibility index (Phi) is 4.87. The number of rotatable bonds is 5. The quantitative estimate of drug-likeness (QED) is 0.819. The molecular formula is C14H26N2O2. The van der Waals surface area contributed by atoms with Crippen LogP contribution in [0, 0.1) is 5.92 Å². The van der Waals surface area contributed by atoms with Crippen molar-refractivity contribution in [1.82, 2.24) is 10.2 Å². The number of piperidine rings is 1. The first-order chi connectivity index (χ1) is 8.72. The molecular weight excluding hydrogens is 228 g/mol. The zero-order chi connectivity index (χ0) is 13.0. The van der Waals surface area contributed by atoms with E-state index in [4.69, 9.17) is 4.74 Å². The first-order valence-electron chi connectivity index (χ1n) is 7.31. The van der Waals surface area contributed by atoms with Gasteiger partial charge in [-0.1, -0.05) is 19.8 Å². The highest BCUT2D eigenvalue weighted by Crippen LogP contribution is 2.26. The maximum Gasteiger partial charge on any atom is 0.409 e. The van der Waals surface area contributed by atoms with Gasteiger partial charge in [0.25, 0.3) is 0 Å². The molecule has 104 valence electrons. The van der Waals surface area contributed by atoms with Crippen molar-refractivity contribution in [3.63, 3.8) is 0 Å². The molecule has 1 aliphatic heterocycles. The first kappa shape index (κ1) is 13.7. The van der Waals surface area contributed by atoms with Gasteiger partial charge in [0.15, 0.2) is 0 Å². The summed E-state index contributed by atoms with van der Waals surface area (Å²) in [5.41, 5.74) is 0. The van der Waals surface area contributed by atoms with E-state index in [1.54, 1.807) is 0 Å². The Hall–Kier alpha value is -0.770. The summed E-state index contributed by atoms with van der Waals surface area (Å²) in [5, 5.41) is 3.66. The summed E-state index contributed by atoms with van der Waals surface area (Å²) in [6, 6.07) is 1.17. The van der Waals surface area contributed by atoms with E-state index in [1.165, 1.54) is 45.6 Å². The molecule has 0 aromatic heterocycles. The van der Waals surface area contributed by atoms with Crippen molar-refractivity contribution >= 4 is 6.09 Å². The minimum Gasteiger partial charge on any atom is -0.453 e. The van der Waals surface area contributed by atoms with E-state index in [2.05, 4.69) is 12.2 Å². The number of nitrogens with one attached hydrogen (secondary N) is 1. The molecule has 1 saturated carbocycles. The zero-order valence-corrected chi connectivity index (χ0v) is 11.7. The molecule has 1 N–H and O–H groups in total. The molecule has 0 aromatic rings. The highest BCUT2D eigenvalue weighted by Gasteiger charge is 2.33. The van der Waals surface area contributed by atoms with E-state index in [1.807, 2.05) is 4.90 Å². The van der Waals surface area contributed by atoms with E-state index in [9.17, 15) is 4.79 Å². The molecule has 1 heterocycles. The smallest absolute Gasteiger partial charge is 0.409 e. The van der Waals surface area contributed by atoms with Crippen molar-refractivity contribution < 1.29 is 9.53 Å². The topological polar surface area (TPSA) is 41.6 Å². The Balaban J connectivity index is 1.88. The third-order valence-electron chi connectivity index (χ3n) is 3.98. The molecule has 2 unspecified atom stereocenters. The van der Waals surface area contributed by atoms with Gasteiger partial charge in [-0.25, -0.2) is 4.79 Å². The molecule has 1 saturated heterocycles. The van der Waals surface area contributed by atoms with Crippen molar-refractivity contribution in [2.24, 2.45) is 5.92 Å². The lowest BCUT2D eigenvalue weighted by Gasteiger charge is -2.37. The molecule has 0 bridgehead atoms. The average molecular weight is 254 g/mol. The number of likely N-dealkylation sites (tertiary alicyclic amines) is 1. The highest BCUT2D eigenvalue weighted by molar-refractivity contribution is 5.67. The predicted octanol–water partition coefficient (Wildman–Crippen LogP) is 2.39. The summed E-state index contributed by atoms with van der Waals surface area (Å²) in [4.78, 5) is 13.6. The Bertz CT molecular complexity index is 279.